The second-order valence-corrected chi connectivity index (χ2v) is 5.76. The zero-order valence-electron chi connectivity index (χ0n) is 15.2. The Morgan fingerprint density at radius 1 is 1.00 bits per heavy atom. The summed E-state index contributed by atoms with van der Waals surface area (Å²) in [7, 11) is 0. The maximum absolute atomic E-state index is 13.4. The molecule has 0 aliphatic heterocycles. The van der Waals surface area contributed by atoms with Crippen LogP contribution in [0.25, 0.3) is 0 Å². The van der Waals surface area contributed by atoms with Gasteiger partial charge in [0, 0.05) is 17.5 Å². The summed E-state index contributed by atoms with van der Waals surface area (Å²) >= 11 is 3.53. The first-order valence-electron chi connectivity index (χ1n) is 8.18. The number of H-pyrrole nitrogens is 1. The lowest BCUT2D eigenvalue weighted by atomic mass is 10.0. The summed E-state index contributed by atoms with van der Waals surface area (Å²) in [6.07, 6.45) is 0.855. The van der Waals surface area contributed by atoms with Gasteiger partial charge in [0.05, 0.1) is 5.69 Å². The molecular formula is C19H21F3N4S. The summed E-state index contributed by atoms with van der Waals surface area (Å²) < 4.78 is 39.0. The number of nitrogens with zero attached hydrogens (tertiary/aromatic N) is 2. The van der Waals surface area contributed by atoms with Gasteiger partial charge in [-0.25, -0.2) is 23.1 Å². The van der Waals surface area contributed by atoms with Crippen LogP contribution in [0.1, 0.15) is 40.8 Å². The maximum Gasteiger partial charge on any atom is 0.263 e. The summed E-state index contributed by atoms with van der Waals surface area (Å²) in [4.78, 5) is 11.6. The van der Waals surface area contributed by atoms with Crippen LogP contribution >= 0.6 is 12.6 Å². The molecule has 0 radical (unpaired) electrons. The van der Waals surface area contributed by atoms with Gasteiger partial charge in [0.2, 0.25) is 0 Å². The Bertz CT molecular complexity index is 866. The van der Waals surface area contributed by atoms with Gasteiger partial charge in [-0.05, 0) is 37.8 Å². The highest BCUT2D eigenvalue weighted by Gasteiger charge is 2.19. The van der Waals surface area contributed by atoms with E-state index in [2.05, 4.69) is 32.9 Å². The number of thiol groups is 1. The van der Waals surface area contributed by atoms with E-state index >= 15 is 0 Å². The van der Waals surface area contributed by atoms with Crippen molar-refractivity contribution in [2.24, 2.45) is 0 Å². The van der Waals surface area contributed by atoms with Crippen LogP contribution in [0.5, 0.6) is 0 Å². The molecule has 1 atom stereocenters. The number of aromatic amines is 1. The van der Waals surface area contributed by atoms with Crippen LogP contribution in [0, 0.1) is 19.7 Å². The van der Waals surface area contributed by atoms with Gasteiger partial charge in [0.15, 0.2) is 0 Å². The van der Waals surface area contributed by atoms with Gasteiger partial charge in [-0.1, -0.05) is 24.3 Å². The molecule has 0 saturated carbocycles. The lowest BCUT2D eigenvalue weighted by Crippen LogP contribution is -2.15. The molecule has 0 saturated heterocycles. The average molecular weight is 394 g/mol. The highest BCUT2D eigenvalue weighted by atomic mass is 32.1. The number of alkyl halides is 2. The standard InChI is InChI=1S/C18H17F3N4.CH4S/c1-10-9-22-18(23-10)16(12-3-5-13(6-4-12)17(20)21)25-15-8-7-14(19)11(2)24-15;1-2/h3-9,16-17H,1-2H3,(H,22,23)(H,24,25);2H,1H3/t16-;/m1./s1. The molecule has 0 spiro atoms. The Morgan fingerprint density at radius 2 is 1.63 bits per heavy atom. The number of imidazole rings is 1. The van der Waals surface area contributed by atoms with Gasteiger partial charge in [-0.3, -0.25) is 0 Å². The van der Waals surface area contributed by atoms with Gasteiger partial charge in [0.25, 0.3) is 6.43 Å². The summed E-state index contributed by atoms with van der Waals surface area (Å²) in [5, 5.41) is 3.18. The van der Waals surface area contributed by atoms with Crippen LogP contribution in [0.4, 0.5) is 19.0 Å². The molecule has 0 fully saturated rings. The number of aryl methyl sites for hydroxylation is 2. The lowest BCUT2D eigenvalue weighted by Gasteiger charge is -2.19. The summed E-state index contributed by atoms with van der Waals surface area (Å²) in [5.41, 5.74) is 1.83. The van der Waals surface area contributed by atoms with Crippen molar-refractivity contribution in [3.8, 4) is 0 Å². The zero-order valence-corrected chi connectivity index (χ0v) is 16.1. The van der Waals surface area contributed by atoms with Crippen molar-refractivity contribution in [3.63, 3.8) is 0 Å². The number of anilines is 1. The van der Waals surface area contributed by atoms with Gasteiger partial charge < -0.3 is 10.3 Å². The fourth-order valence-corrected chi connectivity index (χ4v) is 2.50. The molecule has 4 nitrogen and oxygen atoms in total. The normalized spacial score (nSPS) is 11.7. The lowest BCUT2D eigenvalue weighted by molar-refractivity contribution is 0.151. The molecule has 0 amide bonds. The van der Waals surface area contributed by atoms with Gasteiger partial charge in [-0.2, -0.15) is 12.6 Å². The Morgan fingerprint density at radius 3 is 2.15 bits per heavy atom. The molecule has 0 unspecified atom stereocenters. The Hall–Kier alpha value is -2.48. The van der Waals surface area contributed by atoms with Crippen molar-refractivity contribution in [2.45, 2.75) is 26.3 Å². The number of pyridine rings is 1. The topological polar surface area (TPSA) is 53.6 Å². The molecular weight excluding hydrogens is 373 g/mol. The van der Waals surface area contributed by atoms with Crippen LogP contribution in [0.15, 0.2) is 42.6 Å². The predicted octanol–water partition coefficient (Wildman–Crippen LogP) is 5.25. The van der Waals surface area contributed by atoms with Gasteiger partial charge in [0.1, 0.15) is 23.5 Å². The Balaban J connectivity index is 0.00000126. The Kier molecular flexibility index (Phi) is 7.29. The van der Waals surface area contributed by atoms with E-state index < -0.39 is 18.3 Å². The molecule has 3 rings (SSSR count). The number of rotatable bonds is 5. The number of hydrogen-bond acceptors (Lipinski definition) is 4. The first-order valence-corrected chi connectivity index (χ1v) is 9.07. The van der Waals surface area contributed by atoms with Crippen molar-refractivity contribution in [1.82, 2.24) is 15.0 Å². The van der Waals surface area contributed by atoms with Crippen LogP contribution in [-0.2, 0) is 0 Å². The molecule has 0 bridgehead atoms. The van der Waals surface area contributed by atoms with E-state index in [-0.39, 0.29) is 11.3 Å². The van der Waals surface area contributed by atoms with Gasteiger partial charge in [-0.15, -0.1) is 0 Å². The van der Waals surface area contributed by atoms with Gasteiger partial charge >= 0.3 is 0 Å². The number of halogens is 3. The smallest absolute Gasteiger partial charge is 0.263 e. The maximum atomic E-state index is 13.4. The van der Waals surface area contributed by atoms with E-state index in [1.54, 1.807) is 31.5 Å². The first-order chi connectivity index (χ1) is 12.9. The number of aromatic nitrogens is 3. The summed E-state index contributed by atoms with van der Waals surface area (Å²) in [5.74, 6) is 0.694. The first kappa shape index (κ1) is 20.8. The molecule has 2 N–H and O–H groups in total. The fourth-order valence-electron chi connectivity index (χ4n) is 2.50. The highest BCUT2D eigenvalue weighted by molar-refractivity contribution is 7.79. The monoisotopic (exact) mass is 394 g/mol. The second-order valence-electron chi connectivity index (χ2n) is 5.76. The third-order valence-corrected chi connectivity index (χ3v) is 3.83. The largest absolute Gasteiger partial charge is 0.356 e. The third kappa shape index (κ3) is 5.26. The minimum atomic E-state index is -2.52. The quantitative estimate of drug-likeness (QED) is 0.519. The molecule has 1 aromatic carbocycles. The van der Waals surface area contributed by atoms with Crippen molar-refractivity contribution in [2.75, 3.05) is 11.6 Å². The average Bonchev–Trinajstić information content (AvgIpc) is 3.10. The predicted molar refractivity (Wildman–Crippen MR) is 104 cm³/mol. The molecule has 0 aliphatic carbocycles. The number of hydrogen-bond donors (Lipinski definition) is 3. The second kappa shape index (κ2) is 9.45. The Labute approximate surface area is 161 Å². The molecule has 8 heteroatoms. The fraction of sp³-hybridized carbons (Fsp3) is 0.263. The number of nitrogens with one attached hydrogen (secondary N) is 2. The van der Waals surface area contributed by atoms with Crippen molar-refractivity contribution in [1.29, 1.82) is 0 Å². The minimum Gasteiger partial charge on any atom is -0.356 e. The van der Waals surface area contributed by atoms with Crippen LogP contribution in [0.3, 0.4) is 0 Å². The van der Waals surface area contributed by atoms with Crippen LogP contribution in [-0.4, -0.2) is 21.2 Å². The van der Waals surface area contributed by atoms with E-state index in [4.69, 9.17) is 0 Å². The van der Waals surface area contributed by atoms with Crippen molar-refractivity contribution in [3.05, 3.63) is 76.8 Å². The molecule has 2 heterocycles. The van der Waals surface area contributed by atoms with Crippen LogP contribution in [0.2, 0.25) is 0 Å². The number of benzene rings is 1. The highest BCUT2D eigenvalue weighted by Crippen LogP contribution is 2.27. The third-order valence-electron chi connectivity index (χ3n) is 3.83. The van der Waals surface area contributed by atoms with E-state index in [1.165, 1.54) is 24.3 Å². The molecule has 3 aromatic rings. The minimum absolute atomic E-state index is 0.0473. The van der Waals surface area contributed by atoms with Crippen molar-refractivity contribution < 1.29 is 13.2 Å². The SMILES string of the molecule is CS.Cc1cnc([C@H](Nc2ccc(F)c(C)n2)c2ccc(C(F)F)cc2)[nH]1. The summed E-state index contributed by atoms with van der Waals surface area (Å²) in [6.45, 7) is 3.44. The van der Waals surface area contributed by atoms with E-state index in [0.717, 1.165) is 11.3 Å². The molecule has 2 aromatic heterocycles. The molecule has 0 aliphatic rings. The molecule has 27 heavy (non-hydrogen) atoms. The van der Waals surface area contributed by atoms with Crippen LogP contribution < -0.4 is 5.32 Å². The van der Waals surface area contributed by atoms with E-state index in [9.17, 15) is 13.2 Å². The van der Waals surface area contributed by atoms with E-state index in [0.29, 0.717) is 11.6 Å². The zero-order chi connectivity index (χ0) is 20.0. The summed E-state index contributed by atoms with van der Waals surface area (Å²) in [6, 6.07) is 8.42. The van der Waals surface area contributed by atoms with Crippen molar-refractivity contribution >= 4 is 18.4 Å². The van der Waals surface area contributed by atoms with E-state index in [1.807, 2.05) is 6.92 Å². The molecule has 144 valence electrons.